The smallest absolute Gasteiger partial charge is 0.244 e. The van der Waals surface area contributed by atoms with Crippen LogP contribution in [0.15, 0.2) is 41.3 Å². The fourth-order valence-electron chi connectivity index (χ4n) is 3.14. The largest absolute Gasteiger partial charge is 0.323 e. The maximum atomic E-state index is 13.8. The normalized spacial score (nSPS) is 16.1. The van der Waals surface area contributed by atoms with E-state index in [4.69, 9.17) is 23.2 Å². The molecule has 1 aliphatic rings. The van der Waals surface area contributed by atoms with Crippen molar-refractivity contribution in [1.29, 1.82) is 0 Å². The Morgan fingerprint density at radius 2 is 1.82 bits per heavy atom. The number of carbonyl (C=O) groups excluding carboxylic acids is 1. The minimum absolute atomic E-state index is 0.0496. The molecular weight excluding hydrogens is 426 g/mol. The number of anilines is 1. The van der Waals surface area contributed by atoms with E-state index in [1.54, 1.807) is 19.1 Å². The molecule has 1 saturated heterocycles. The molecule has 0 aromatic heterocycles. The van der Waals surface area contributed by atoms with Gasteiger partial charge in [-0.3, -0.25) is 4.79 Å². The van der Waals surface area contributed by atoms with Crippen molar-refractivity contribution in [3.63, 3.8) is 0 Å². The van der Waals surface area contributed by atoms with Gasteiger partial charge in [-0.05, 0) is 55.7 Å². The summed E-state index contributed by atoms with van der Waals surface area (Å²) in [7, 11) is -3.81. The SMILES string of the molecule is Cc1ccc(F)c(NC(=O)C2CCN(S(=O)(=O)c3cc(Cl)ccc3Cl)CC2)c1. The molecule has 0 atom stereocenters. The van der Waals surface area contributed by atoms with E-state index in [-0.39, 0.29) is 39.6 Å². The molecule has 0 unspecified atom stereocenters. The lowest BCUT2D eigenvalue weighted by molar-refractivity contribution is -0.120. The van der Waals surface area contributed by atoms with Crippen LogP contribution in [0.2, 0.25) is 10.0 Å². The molecule has 0 saturated carbocycles. The summed E-state index contributed by atoms with van der Waals surface area (Å²) in [5.41, 5.74) is 0.960. The van der Waals surface area contributed by atoms with Crippen LogP contribution >= 0.6 is 23.2 Å². The second kappa shape index (κ2) is 8.37. The van der Waals surface area contributed by atoms with Gasteiger partial charge in [0.2, 0.25) is 15.9 Å². The molecular formula is C19H19Cl2FN2O3S. The average Bonchev–Trinajstić information content (AvgIpc) is 2.66. The molecule has 0 spiro atoms. The van der Waals surface area contributed by atoms with E-state index in [0.29, 0.717) is 12.8 Å². The molecule has 1 aliphatic heterocycles. The number of nitrogens with one attached hydrogen (secondary N) is 1. The van der Waals surface area contributed by atoms with Crippen LogP contribution in [0.25, 0.3) is 0 Å². The van der Waals surface area contributed by atoms with Crippen LogP contribution in [-0.4, -0.2) is 31.7 Å². The van der Waals surface area contributed by atoms with E-state index in [9.17, 15) is 17.6 Å². The van der Waals surface area contributed by atoms with E-state index >= 15 is 0 Å². The minimum Gasteiger partial charge on any atom is -0.323 e. The number of carbonyl (C=O) groups is 1. The molecule has 2 aromatic carbocycles. The molecule has 2 aromatic rings. The van der Waals surface area contributed by atoms with Crippen molar-refractivity contribution in [2.75, 3.05) is 18.4 Å². The molecule has 1 N–H and O–H groups in total. The predicted molar refractivity (Wildman–Crippen MR) is 108 cm³/mol. The molecule has 28 heavy (non-hydrogen) atoms. The first kappa shape index (κ1) is 21.0. The second-order valence-electron chi connectivity index (χ2n) is 6.73. The third kappa shape index (κ3) is 4.49. The fraction of sp³-hybridized carbons (Fsp3) is 0.316. The number of hydrogen-bond acceptors (Lipinski definition) is 3. The van der Waals surface area contributed by atoms with Gasteiger partial charge in [0.05, 0.1) is 10.7 Å². The number of halogens is 3. The Morgan fingerprint density at radius 1 is 1.14 bits per heavy atom. The van der Waals surface area contributed by atoms with E-state index in [1.807, 2.05) is 0 Å². The monoisotopic (exact) mass is 444 g/mol. The van der Waals surface area contributed by atoms with E-state index < -0.39 is 21.8 Å². The zero-order chi connectivity index (χ0) is 20.5. The zero-order valence-corrected chi connectivity index (χ0v) is 17.4. The Morgan fingerprint density at radius 3 is 2.50 bits per heavy atom. The van der Waals surface area contributed by atoms with Gasteiger partial charge < -0.3 is 5.32 Å². The molecule has 150 valence electrons. The highest BCUT2D eigenvalue weighted by Crippen LogP contribution is 2.30. The molecule has 5 nitrogen and oxygen atoms in total. The quantitative estimate of drug-likeness (QED) is 0.755. The zero-order valence-electron chi connectivity index (χ0n) is 15.1. The summed E-state index contributed by atoms with van der Waals surface area (Å²) >= 11 is 11.9. The van der Waals surface area contributed by atoms with Crippen LogP contribution in [0.5, 0.6) is 0 Å². The molecule has 0 bridgehead atoms. The van der Waals surface area contributed by atoms with Gasteiger partial charge in [-0.1, -0.05) is 29.3 Å². The summed E-state index contributed by atoms with van der Waals surface area (Å²) in [6, 6.07) is 8.76. The van der Waals surface area contributed by atoms with Gasteiger partial charge in [0.25, 0.3) is 0 Å². The van der Waals surface area contributed by atoms with Crippen LogP contribution in [0.4, 0.5) is 10.1 Å². The summed E-state index contributed by atoms with van der Waals surface area (Å²) in [6.45, 7) is 2.14. The highest BCUT2D eigenvalue weighted by atomic mass is 35.5. The van der Waals surface area contributed by atoms with Crippen LogP contribution in [0, 0.1) is 18.7 Å². The number of rotatable bonds is 4. The molecule has 1 amide bonds. The van der Waals surface area contributed by atoms with Gasteiger partial charge in [-0.25, -0.2) is 12.8 Å². The Kier molecular flexibility index (Phi) is 6.29. The molecule has 0 aliphatic carbocycles. The summed E-state index contributed by atoms with van der Waals surface area (Å²) in [4.78, 5) is 12.4. The first-order chi connectivity index (χ1) is 13.2. The Bertz CT molecular complexity index is 1010. The van der Waals surface area contributed by atoms with Gasteiger partial charge in [0, 0.05) is 24.0 Å². The molecule has 3 rings (SSSR count). The van der Waals surface area contributed by atoms with Crippen molar-refractivity contribution in [3.8, 4) is 0 Å². The van der Waals surface area contributed by atoms with Gasteiger partial charge in [-0.15, -0.1) is 0 Å². The first-order valence-corrected chi connectivity index (χ1v) is 10.9. The topological polar surface area (TPSA) is 66.5 Å². The predicted octanol–water partition coefficient (Wildman–Crippen LogP) is 4.48. The summed E-state index contributed by atoms with van der Waals surface area (Å²) in [5.74, 6) is -1.22. The number of nitrogens with zero attached hydrogens (tertiary/aromatic N) is 1. The van der Waals surface area contributed by atoms with Gasteiger partial charge in [0.15, 0.2) is 0 Å². The number of sulfonamides is 1. The highest BCUT2D eigenvalue weighted by Gasteiger charge is 2.33. The third-order valence-electron chi connectivity index (χ3n) is 4.72. The lowest BCUT2D eigenvalue weighted by atomic mass is 9.97. The standard InChI is InChI=1S/C19H19Cl2FN2O3S/c1-12-2-5-16(22)17(10-12)23-19(25)13-6-8-24(9-7-13)28(26,27)18-11-14(20)3-4-15(18)21/h2-5,10-11,13H,6-9H2,1H3,(H,23,25). The van der Waals surface area contributed by atoms with Crippen molar-refractivity contribution in [1.82, 2.24) is 4.31 Å². The van der Waals surface area contributed by atoms with Gasteiger partial charge in [-0.2, -0.15) is 4.31 Å². The summed E-state index contributed by atoms with van der Waals surface area (Å²) < 4.78 is 40.8. The highest BCUT2D eigenvalue weighted by molar-refractivity contribution is 7.89. The number of aryl methyl sites for hydroxylation is 1. The van der Waals surface area contributed by atoms with E-state index in [0.717, 1.165) is 5.56 Å². The Labute approximate surface area is 173 Å². The minimum atomic E-state index is -3.81. The van der Waals surface area contributed by atoms with Crippen LogP contribution < -0.4 is 5.32 Å². The van der Waals surface area contributed by atoms with Crippen molar-refractivity contribution >= 4 is 44.8 Å². The van der Waals surface area contributed by atoms with Crippen LogP contribution in [0.3, 0.4) is 0 Å². The lowest BCUT2D eigenvalue weighted by Crippen LogP contribution is -2.41. The number of hydrogen-bond donors (Lipinski definition) is 1. The van der Waals surface area contributed by atoms with Gasteiger partial charge in [0.1, 0.15) is 10.7 Å². The van der Waals surface area contributed by atoms with Crippen molar-refractivity contribution in [2.45, 2.75) is 24.7 Å². The first-order valence-electron chi connectivity index (χ1n) is 8.70. The average molecular weight is 445 g/mol. The number of piperidine rings is 1. The van der Waals surface area contributed by atoms with Crippen molar-refractivity contribution < 1.29 is 17.6 Å². The van der Waals surface area contributed by atoms with E-state index in [1.165, 1.54) is 28.6 Å². The van der Waals surface area contributed by atoms with E-state index in [2.05, 4.69) is 5.32 Å². The maximum Gasteiger partial charge on any atom is 0.244 e. The fourth-order valence-corrected chi connectivity index (χ4v) is 5.35. The third-order valence-corrected chi connectivity index (χ3v) is 7.33. The molecule has 9 heteroatoms. The van der Waals surface area contributed by atoms with Crippen LogP contribution in [0.1, 0.15) is 18.4 Å². The summed E-state index contributed by atoms with van der Waals surface area (Å²) in [6.07, 6.45) is 0.660. The van der Waals surface area contributed by atoms with Crippen molar-refractivity contribution in [2.24, 2.45) is 5.92 Å². The Hall–Kier alpha value is -1.67. The Balaban J connectivity index is 1.67. The lowest BCUT2D eigenvalue weighted by Gasteiger charge is -2.30. The molecule has 0 radical (unpaired) electrons. The number of amides is 1. The molecule has 1 heterocycles. The number of benzene rings is 2. The molecule has 1 fully saturated rings. The summed E-state index contributed by atoms with van der Waals surface area (Å²) in [5, 5.41) is 2.97. The maximum absolute atomic E-state index is 13.8. The van der Waals surface area contributed by atoms with Crippen molar-refractivity contribution in [3.05, 3.63) is 57.8 Å². The second-order valence-corrected chi connectivity index (χ2v) is 9.48. The van der Waals surface area contributed by atoms with Crippen LogP contribution in [-0.2, 0) is 14.8 Å². The van der Waals surface area contributed by atoms with Gasteiger partial charge >= 0.3 is 0 Å².